The molecule has 0 unspecified atom stereocenters. The molecule has 0 heterocycles. The number of alkyl halides is 9. The number of benzene rings is 1. The van der Waals surface area contributed by atoms with Crippen LogP contribution < -0.4 is 0 Å². The summed E-state index contributed by atoms with van der Waals surface area (Å²) < 4.78 is 115. The van der Waals surface area contributed by atoms with Crippen LogP contribution in [0.3, 0.4) is 0 Å². The van der Waals surface area contributed by atoms with E-state index in [9.17, 15) is 39.5 Å². The maximum atomic E-state index is 12.9. The smallest absolute Gasteiger partial charge is 0.166 e. The molecule has 9 heteroatoms. The van der Waals surface area contributed by atoms with Gasteiger partial charge in [-0.25, -0.2) is 0 Å². The summed E-state index contributed by atoms with van der Waals surface area (Å²) in [4.78, 5) is 0. The Morgan fingerprint density at radius 1 is 0.583 bits per heavy atom. The Morgan fingerprint density at radius 3 is 1.12 bits per heavy atom. The van der Waals surface area contributed by atoms with Crippen LogP contribution in [0, 0.1) is 0 Å². The molecule has 0 aliphatic carbocycles. The Hall–Kier alpha value is -2.19. The molecule has 0 bridgehead atoms. The van der Waals surface area contributed by atoms with Crippen LogP contribution >= 0.6 is 0 Å². The molecule has 0 amide bonds. The zero-order valence-corrected chi connectivity index (χ0v) is 11.8. The van der Waals surface area contributed by atoms with Crippen LogP contribution in [-0.4, -0.2) is 18.5 Å². The summed E-state index contributed by atoms with van der Waals surface area (Å²) >= 11 is 0. The average molecular weight is 360 g/mol. The molecule has 0 nitrogen and oxygen atoms in total. The maximum absolute atomic E-state index is 12.9. The van der Waals surface area contributed by atoms with Gasteiger partial charge in [0.1, 0.15) is 0 Å². The topological polar surface area (TPSA) is 0 Å². The highest BCUT2D eigenvalue weighted by Gasteiger charge is 2.42. The zero-order valence-electron chi connectivity index (χ0n) is 11.8. The first-order valence-corrected chi connectivity index (χ1v) is 6.01. The van der Waals surface area contributed by atoms with Gasteiger partial charge in [0.15, 0.2) is 0 Å². The van der Waals surface area contributed by atoms with Gasteiger partial charge in [0, 0.05) is 5.56 Å². The molecule has 0 fully saturated rings. The van der Waals surface area contributed by atoms with Crippen LogP contribution in [0.1, 0.15) is 16.7 Å². The van der Waals surface area contributed by atoms with E-state index < -0.39 is 51.9 Å². The quantitative estimate of drug-likeness (QED) is 0.546. The molecule has 1 aromatic rings. The van der Waals surface area contributed by atoms with Gasteiger partial charge in [-0.05, 0) is 11.1 Å². The molecule has 0 aromatic heterocycles. The maximum Gasteiger partial charge on any atom is 0.416 e. The molecule has 1 aromatic carbocycles. The third-order valence-corrected chi connectivity index (χ3v) is 3.04. The summed E-state index contributed by atoms with van der Waals surface area (Å²) in [5, 5.41) is 0. The average Bonchev–Trinajstić information content (AvgIpc) is 2.41. The summed E-state index contributed by atoms with van der Waals surface area (Å²) in [6.07, 6.45) is -15.5. The number of hydrogen-bond donors (Lipinski definition) is 0. The minimum Gasteiger partial charge on any atom is -0.166 e. The molecule has 0 aliphatic rings. The lowest BCUT2D eigenvalue weighted by Gasteiger charge is -2.22. The first-order chi connectivity index (χ1) is 10.6. The van der Waals surface area contributed by atoms with Crippen LogP contribution in [0.2, 0.25) is 0 Å². The van der Waals surface area contributed by atoms with Gasteiger partial charge in [-0.2, -0.15) is 39.5 Å². The van der Waals surface area contributed by atoms with Gasteiger partial charge >= 0.3 is 18.5 Å². The van der Waals surface area contributed by atoms with Gasteiger partial charge in [-0.3, -0.25) is 0 Å². The predicted octanol–water partition coefficient (Wildman–Crippen LogP) is 6.41. The fourth-order valence-electron chi connectivity index (χ4n) is 1.83. The van der Waals surface area contributed by atoms with Crippen LogP contribution in [-0.2, 0) is 0 Å². The monoisotopic (exact) mass is 360 g/mol. The van der Waals surface area contributed by atoms with E-state index in [1.807, 2.05) is 0 Å². The zero-order chi connectivity index (χ0) is 19.1. The van der Waals surface area contributed by atoms with Crippen molar-refractivity contribution in [2.45, 2.75) is 18.5 Å². The van der Waals surface area contributed by atoms with Crippen molar-refractivity contribution in [2.24, 2.45) is 0 Å². The number of allylic oxidation sites excluding steroid dienone is 3. The highest BCUT2D eigenvalue weighted by atomic mass is 19.4. The molecule has 0 saturated heterocycles. The largest absolute Gasteiger partial charge is 0.416 e. The molecular formula is C15H9F9. The van der Waals surface area contributed by atoms with Gasteiger partial charge in [0.05, 0.1) is 16.7 Å². The van der Waals surface area contributed by atoms with E-state index in [1.54, 1.807) is 0 Å². The Bertz CT molecular complexity index is 640. The summed E-state index contributed by atoms with van der Waals surface area (Å²) in [5.74, 6) is 0. The summed E-state index contributed by atoms with van der Waals surface area (Å²) in [6, 6.07) is 1.94. The van der Waals surface area contributed by atoms with Crippen molar-refractivity contribution < 1.29 is 39.5 Å². The van der Waals surface area contributed by atoms with Gasteiger partial charge in [0.2, 0.25) is 0 Å². The summed E-state index contributed by atoms with van der Waals surface area (Å²) in [6.45, 7) is 7.88. The Balaban J connectivity index is 3.79. The van der Waals surface area contributed by atoms with Crippen molar-refractivity contribution in [1.82, 2.24) is 0 Å². The van der Waals surface area contributed by atoms with E-state index in [2.05, 4.69) is 19.7 Å². The highest BCUT2D eigenvalue weighted by Crippen LogP contribution is 2.45. The van der Waals surface area contributed by atoms with E-state index in [0.717, 1.165) is 6.07 Å². The minimum absolute atomic E-state index is 0.592. The fraction of sp³-hybridized carbons (Fsp3) is 0.200. The summed E-state index contributed by atoms with van der Waals surface area (Å²) in [7, 11) is 0. The van der Waals surface area contributed by atoms with E-state index >= 15 is 0 Å². The van der Waals surface area contributed by atoms with Crippen molar-refractivity contribution in [3.8, 4) is 0 Å². The first kappa shape index (κ1) is 19.9. The lowest BCUT2D eigenvalue weighted by atomic mass is 9.88. The third kappa shape index (κ3) is 4.01. The molecule has 0 atom stereocenters. The van der Waals surface area contributed by atoms with Crippen molar-refractivity contribution >= 4 is 16.7 Å². The molecule has 1 rings (SSSR count). The third-order valence-electron chi connectivity index (χ3n) is 3.04. The normalized spacial score (nSPS) is 12.9. The van der Waals surface area contributed by atoms with Crippen LogP contribution in [0.15, 0.2) is 37.9 Å². The molecule has 0 aliphatic heterocycles. The minimum atomic E-state index is -5.25. The van der Waals surface area contributed by atoms with Gasteiger partial charge in [-0.1, -0.05) is 37.9 Å². The molecular weight excluding hydrogens is 351 g/mol. The van der Waals surface area contributed by atoms with Crippen molar-refractivity contribution in [2.75, 3.05) is 0 Å². The second kappa shape index (κ2) is 6.03. The van der Waals surface area contributed by atoms with Crippen LogP contribution in [0.4, 0.5) is 39.5 Å². The molecule has 0 spiro atoms. The van der Waals surface area contributed by atoms with Crippen LogP contribution in [0.25, 0.3) is 16.7 Å². The summed E-state index contributed by atoms with van der Waals surface area (Å²) in [5.41, 5.74) is -8.95. The fourth-order valence-corrected chi connectivity index (χ4v) is 1.83. The second-order valence-electron chi connectivity index (χ2n) is 4.66. The molecule has 0 saturated carbocycles. The molecule has 24 heavy (non-hydrogen) atoms. The van der Waals surface area contributed by atoms with Crippen molar-refractivity contribution in [3.63, 3.8) is 0 Å². The van der Waals surface area contributed by atoms with E-state index in [1.165, 1.54) is 0 Å². The van der Waals surface area contributed by atoms with E-state index in [0.29, 0.717) is 12.1 Å². The number of hydrogen-bond acceptors (Lipinski definition) is 0. The second-order valence-corrected chi connectivity index (χ2v) is 4.66. The van der Waals surface area contributed by atoms with Gasteiger partial charge < -0.3 is 0 Å². The Labute approximate surface area is 130 Å². The van der Waals surface area contributed by atoms with Gasteiger partial charge in [0.25, 0.3) is 0 Å². The molecule has 0 radical (unpaired) electrons. The highest BCUT2D eigenvalue weighted by molar-refractivity contribution is 5.89. The number of halogens is 9. The standard InChI is InChI=1S/C15H9F9/c1-7(13(16,17)18)10-5-4-6-11(8(2)14(19,20)21)12(10)9(3)15(22,23)24/h4-6H,1-3H2. The predicted molar refractivity (Wildman–Crippen MR) is 71.7 cm³/mol. The van der Waals surface area contributed by atoms with Crippen molar-refractivity contribution in [1.29, 1.82) is 0 Å². The lowest BCUT2D eigenvalue weighted by Crippen LogP contribution is -2.19. The first-order valence-electron chi connectivity index (χ1n) is 6.01. The van der Waals surface area contributed by atoms with Crippen molar-refractivity contribution in [3.05, 3.63) is 54.6 Å². The van der Waals surface area contributed by atoms with Crippen LogP contribution in [0.5, 0.6) is 0 Å². The van der Waals surface area contributed by atoms with Gasteiger partial charge in [-0.15, -0.1) is 0 Å². The van der Waals surface area contributed by atoms with E-state index in [-0.39, 0.29) is 0 Å². The Kier molecular flexibility index (Phi) is 4.99. The molecule has 0 N–H and O–H groups in total. The SMILES string of the molecule is C=C(c1cccc(C(=C)C(F)(F)F)c1C(=C)C(F)(F)F)C(F)(F)F. The van der Waals surface area contributed by atoms with E-state index in [4.69, 9.17) is 0 Å². The number of rotatable bonds is 3. The lowest BCUT2D eigenvalue weighted by molar-refractivity contribution is -0.0718. The molecule has 132 valence electrons. The Morgan fingerprint density at radius 2 is 0.875 bits per heavy atom.